The molecule has 2 aromatic carbocycles. The third-order valence-electron chi connectivity index (χ3n) is 5.45. The van der Waals surface area contributed by atoms with Gasteiger partial charge in [-0.2, -0.15) is 0 Å². The van der Waals surface area contributed by atoms with Gasteiger partial charge in [0.1, 0.15) is 12.6 Å². The van der Waals surface area contributed by atoms with E-state index in [1.54, 1.807) is 0 Å². The number of hydrogen-bond acceptors (Lipinski definition) is 5. The minimum atomic E-state index is -1.25. The van der Waals surface area contributed by atoms with E-state index < -0.39 is 30.4 Å². The number of ether oxygens (including phenoxy) is 1. The molecule has 3 aromatic rings. The molecular formula is C24H21BrN2O5S. The highest BCUT2D eigenvalue weighted by Crippen LogP contribution is 2.44. The summed E-state index contributed by atoms with van der Waals surface area (Å²) in [6.07, 6.45) is -1.39. The number of alkyl carbamates (subject to hydrolysis) is 1. The van der Waals surface area contributed by atoms with Gasteiger partial charge in [-0.3, -0.25) is 9.59 Å². The summed E-state index contributed by atoms with van der Waals surface area (Å²) < 4.78 is 6.30. The van der Waals surface area contributed by atoms with Crippen molar-refractivity contribution in [1.29, 1.82) is 0 Å². The van der Waals surface area contributed by atoms with E-state index in [1.807, 2.05) is 60.0 Å². The highest BCUT2D eigenvalue weighted by Gasteiger charge is 2.30. The quantitative estimate of drug-likeness (QED) is 0.399. The summed E-state index contributed by atoms with van der Waals surface area (Å²) in [6, 6.07) is 16.5. The summed E-state index contributed by atoms with van der Waals surface area (Å²) in [5.74, 6) is -1.93. The number of carboxylic acids is 1. The number of halogens is 1. The Morgan fingerprint density at radius 3 is 2.24 bits per heavy atom. The van der Waals surface area contributed by atoms with Crippen molar-refractivity contribution in [2.24, 2.45) is 0 Å². The van der Waals surface area contributed by atoms with Crippen molar-refractivity contribution in [2.75, 3.05) is 6.61 Å². The van der Waals surface area contributed by atoms with E-state index >= 15 is 0 Å². The predicted octanol–water partition coefficient (Wildman–Crippen LogP) is 4.51. The van der Waals surface area contributed by atoms with Crippen LogP contribution in [0.5, 0.6) is 0 Å². The van der Waals surface area contributed by atoms with Crippen molar-refractivity contribution in [3.05, 3.63) is 80.5 Å². The topological polar surface area (TPSA) is 105 Å². The summed E-state index contributed by atoms with van der Waals surface area (Å²) in [5, 5.41) is 16.1. The van der Waals surface area contributed by atoms with Gasteiger partial charge in [0.25, 0.3) is 0 Å². The number of aliphatic carboxylic acids is 1. The molecule has 33 heavy (non-hydrogen) atoms. The largest absolute Gasteiger partial charge is 0.481 e. The summed E-state index contributed by atoms with van der Waals surface area (Å²) in [4.78, 5) is 37.2. The van der Waals surface area contributed by atoms with Gasteiger partial charge in [-0.25, -0.2) is 4.79 Å². The molecule has 170 valence electrons. The number of hydrogen-bond donors (Lipinski definition) is 3. The van der Waals surface area contributed by atoms with Crippen LogP contribution in [-0.2, 0) is 20.9 Å². The van der Waals surface area contributed by atoms with Crippen LogP contribution >= 0.6 is 27.3 Å². The average Bonchev–Trinajstić information content (AvgIpc) is 3.36. The fourth-order valence-corrected chi connectivity index (χ4v) is 5.34. The average molecular weight is 529 g/mol. The van der Waals surface area contributed by atoms with Crippen molar-refractivity contribution in [1.82, 2.24) is 10.6 Å². The molecular weight excluding hydrogens is 508 g/mol. The minimum absolute atomic E-state index is 0.0728. The van der Waals surface area contributed by atoms with Crippen LogP contribution in [-0.4, -0.2) is 35.7 Å². The Bertz CT molecular complexity index is 1150. The van der Waals surface area contributed by atoms with Crippen molar-refractivity contribution >= 4 is 45.2 Å². The van der Waals surface area contributed by atoms with Gasteiger partial charge < -0.3 is 20.5 Å². The first-order valence-electron chi connectivity index (χ1n) is 10.3. The molecule has 0 spiro atoms. The van der Waals surface area contributed by atoms with Crippen molar-refractivity contribution in [3.8, 4) is 11.1 Å². The molecule has 1 heterocycles. The number of nitrogens with one attached hydrogen (secondary N) is 2. The lowest BCUT2D eigenvalue weighted by Gasteiger charge is -2.18. The molecule has 9 heteroatoms. The smallest absolute Gasteiger partial charge is 0.407 e. The molecule has 2 amide bonds. The standard InChI is InChI=1S/C24H21BrN2O5S/c25-19-9-10-33-21(19)12-26-23(30)20(11-22(28)29)27-24(31)32-13-18-16-7-3-1-5-14(16)15-6-2-4-8-17(15)18/h1-10,18,20H,11-13H2,(H,26,30)(H,27,31)(H,28,29). The Labute approximate surface area is 202 Å². The molecule has 1 aromatic heterocycles. The number of carbonyl (C=O) groups is 3. The lowest BCUT2D eigenvalue weighted by molar-refractivity contribution is -0.139. The Balaban J connectivity index is 1.39. The van der Waals surface area contributed by atoms with Gasteiger partial charge >= 0.3 is 12.1 Å². The zero-order valence-electron chi connectivity index (χ0n) is 17.4. The molecule has 1 atom stereocenters. The number of carboxylic acid groups (broad SMARTS) is 1. The normalized spacial score (nSPS) is 13.0. The number of carbonyl (C=O) groups excluding carboxylic acids is 2. The van der Waals surface area contributed by atoms with Gasteiger partial charge in [0, 0.05) is 15.3 Å². The maximum absolute atomic E-state index is 12.6. The van der Waals surface area contributed by atoms with Crippen LogP contribution in [0.25, 0.3) is 11.1 Å². The Hall–Kier alpha value is -3.17. The summed E-state index contributed by atoms with van der Waals surface area (Å²) in [5.41, 5.74) is 4.33. The number of fused-ring (bicyclic) bond motifs is 3. The van der Waals surface area contributed by atoms with Crippen molar-refractivity contribution in [2.45, 2.75) is 24.9 Å². The fraction of sp³-hybridized carbons (Fsp3) is 0.208. The number of rotatable bonds is 8. The molecule has 0 saturated heterocycles. The summed E-state index contributed by atoms with van der Waals surface area (Å²) >= 11 is 4.84. The second kappa shape index (κ2) is 10.2. The van der Waals surface area contributed by atoms with Gasteiger partial charge in [0.05, 0.1) is 13.0 Å². The van der Waals surface area contributed by atoms with Gasteiger partial charge in [0.15, 0.2) is 0 Å². The molecule has 4 rings (SSSR count). The van der Waals surface area contributed by atoms with E-state index in [2.05, 4.69) is 26.6 Å². The highest BCUT2D eigenvalue weighted by molar-refractivity contribution is 9.10. The molecule has 0 bridgehead atoms. The first kappa shape index (κ1) is 23.0. The van der Waals surface area contributed by atoms with Crippen LogP contribution in [0, 0.1) is 0 Å². The summed E-state index contributed by atoms with van der Waals surface area (Å²) in [6.45, 7) is 0.295. The second-order valence-corrected chi connectivity index (χ2v) is 9.38. The van der Waals surface area contributed by atoms with E-state index in [1.165, 1.54) is 11.3 Å². The zero-order valence-corrected chi connectivity index (χ0v) is 19.8. The fourth-order valence-electron chi connectivity index (χ4n) is 3.91. The van der Waals surface area contributed by atoms with Gasteiger partial charge in [0.2, 0.25) is 5.91 Å². The maximum Gasteiger partial charge on any atom is 0.407 e. The molecule has 0 radical (unpaired) electrons. The molecule has 0 fully saturated rings. The van der Waals surface area contributed by atoms with Crippen LogP contribution < -0.4 is 10.6 Å². The lowest BCUT2D eigenvalue weighted by atomic mass is 9.98. The third kappa shape index (κ3) is 5.26. The second-order valence-electron chi connectivity index (χ2n) is 7.53. The monoisotopic (exact) mass is 528 g/mol. The van der Waals surface area contributed by atoms with Crippen LogP contribution in [0.15, 0.2) is 64.5 Å². The Morgan fingerprint density at radius 1 is 1.03 bits per heavy atom. The molecule has 1 aliphatic rings. The number of amides is 2. The molecule has 3 N–H and O–H groups in total. The van der Waals surface area contributed by atoms with Crippen LogP contribution in [0.2, 0.25) is 0 Å². The molecule has 1 aliphatic carbocycles. The van der Waals surface area contributed by atoms with Crippen LogP contribution in [0.1, 0.15) is 28.3 Å². The van der Waals surface area contributed by atoms with E-state index in [4.69, 9.17) is 4.74 Å². The van der Waals surface area contributed by atoms with Crippen molar-refractivity contribution < 1.29 is 24.2 Å². The number of benzene rings is 2. The molecule has 0 aliphatic heterocycles. The highest BCUT2D eigenvalue weighted by atomic mass is 79.9. The van der Waals surface area contributed by atoms with Crippen molar-refractivity contribution in [3.63, 3.8) is 0 Å². The molecule has 7 nitrogen and oxygen atoms in total. The van der Waals surface area contributed by atoms with E-state index in [0.717, 1.165) is 31.6 Å². The molecule has 0 saturated carbocycles. The maximum atomic E-state index is 12.6. The van der Waals surface area contributed by atoms with E-state index in [9.17, 15) is 19.5 Å². The Kier molecular flexibility index (Phi) is 7.10. The summed E-state index contributed by atoms with van der Waals surface area (Å²) in [7, 11) is 0. The lowest BCUT2D eigenvalue weighted by Crippen LogP contribution is -2.48. The Morgan fingerprint density at radius 2 is 1.67 bits per heavy atom. The van der Waals surface area contributed by atoms with E-state index in [-0.39, 0.29) is 19.1 Å². The van der Waals surface area contributed by atoms with E-state index in [0.29, 0.717) is 0 Å². The first-order valence-corrected chi connectivity index (χ1v) is 11.9. The first-order chi connectivity index (χ1) is 15.9. The van der Waals surface area contributed by atoms with Crippen LogP contribution in [0.4, 0.5) is 4.79 Å². The molecule has 1 unspecified atom stereocenters. The minimum Gasteiger partial charge on any atom is -0.481 e. The zero-order chi connectivity index (χ0) is 23.4. The SMILES string of the molecule is O=C(O)CC(NC(=O)OCC1c2ccccc2-c2ccccc21)C(=O)NCc1sccc1Br. The number of thiophene rings is 1. The predicted molar refractivity (Wildman–Crippen MR) is 128 cm³/mol. The third-order valence-corrected chi connectivity index (χ3v) is 7.37. The van der Waals surface area contributed by atoms with Gasteiger partial charge in [-0.05, 0) is 49.6 Å². The van der Waals surface area contributed by atoms with Gasteiger partial charge in [-0.15, -0.1) is 11.3 Å². The van der Waals surface area contributed by atoms with Crippen LogP contribution in [0.3, 0.4) is 0 Å². The van der Waals surface area contributed by atoms with Gasteiger partial charge in [-0.1, -0.05) is 48.5 Å².